The zero-order valence-corrected chi connectivity index (χ0v) is 15.1. The van der Waals surface area contributed by atoms with Gasteiger partial charge in [-0.2, -0.15) is 0 Å². The molecule has 0 saturated carbocycles. The number of hydrogen-bond acceptors (Lipinski definition) is 4. The van der Waals surface area contributed by atoms with Crippen molar-refractivity contribution in [3.63, 3.8) is 0 Å². The van der Waals surface area contributed by atoms with Crippen molar-refractivity contribution < 1.29 is 13.9 Å². The van der Waals surface area contributed by atoms with Gasteiger partial charge in [-0.1, -0.05) is 29.3 Å². The summed E-state index contributed by atoms with van der Waals surface area (Å²) in [4.78, 5) is 12.6. The molecule has 0 fully saturated rings. The summed E-state index contributed by atoms with van der Waals surface area (Å²) < 4.78 is 20.2. The Morgan fingerprint density at radius 2 is 1.96 bits per heavy atom. The van der Waals surface area contributed by atoms with E-state index in [0.717, 1.165) is 0 Å². The summed E-state index contributed by atoms with van der Waals surface area (Å²) in [5, 5.41) is 10.5. The molecule has 2 aromatic carbocycles. The van der Waals surface area contributed by atoms with Gasteiger partial charge < -0.3 is 10.1 Å². The van der Waals surface area contributed by atoms with Gasteiger partial charge in [0, 0.05) is 6.54 Å². The molecule has 0 saturated heterocycles. The van der Waals surface area contributed by atoms with Gasteiger partial charge in [-0.3, -0.25) is 9.36 Å². The third kappa shape index (κ3) is 3.63. The Hall–Kier alpha value is -2.64. The highest BCUT2D eigenvalue weighted by Gasteiger charge is 2.19. The maximum Gasteiger partial charge on any atom is 0.254 e. The van der Waals surface area contributed by atoms with Crippen LogP contribution in [0.1, 0.15) is 15.9 Å². The second-order valence-electron chi connectivity index (χ2n) is 5.28. The van der Waals surface area contributed by atoms with Crippen LogP contribution >= 0.6 is 23.2 Å². The molecule has 6 nitrogen and oxygen atoms in total. The molecule has 1 amide bonds. The average Bonchev–Trinajstić information content (AvgIpc) is 3.14. The number of methoxy groups -OCH3 is 1. The van der Waals surface area contributed by atoms with E-state index in [2.05, 4.69) is 15.5 Å². The molecule has 0 spiro atoms. The second kappa shape index (κ2) is 7.72. The summed E-state index contributed by atoms with van der Waals surface area (Å²) in [5.41, 5.74) is 1.20. The number of benzene rings is 2. The van der Waals surface area contributed by atoms with Crippen molar-refractivity contribution in [1.29, 1.82) is 0 Å². The highest BCUT2D eigenvalue weighted by molar-refractivity contribution is 6.40. The van der Waals surface area contributed by atoms with E-state index in [0.29, 0.717) is 11.3 Å². The van der Waals surface area contributed by atoms with Crippen LogP contribution in [-0.4, -0.2) is 27.8 Å². The number of aromatic nitrogens is 3. The van der Waals surface area contributed by atoms with Crippen LogP contribution in [0.5, 0.6) is 5.75 Å². The number of rotatable bonds is 5. The third-order valence-electron chi connectivity index (χ3n) is 3.66. The Kier molecular flexibility index (Phi) is 5.39. The van der Waals surface area contributed by atoms with Crippen LogP contribution in [0.15, 0.2) is 43.0 Å². The van der Waals surface area contributed by atoms with Crippen LogP contribution in [-0.2, 0) is 6.54 Å². The molecule has 0 aliphatic heterocycles. The predicted octanol–water partition coefficient (Wildman–Crippen LogP) is 3.65. The van der Waals surface area contributed by atoms with Gasteiger partial charge in [0.25, 0.3) is 5.91 Å². The summed E-state index contributed by atoms with van der Waals surface area (Å²) in [6.07, 6.45) is 2.91. The fourth-order valence-corrected chi connectivity index (χ4v) is 3.00. The standard InChI is InChI=1S/C17H13Cl2FN4O2/c1-26-14-5-2-10(6-12(14)20)7-21-17(25)15-11(18)3-4-13(16(15)19)24-8-22-23-9-24/h2-6,8-9H,7H2,1H3,(H,21,25). The van der Waals surface area contributed by atoms with E-state index in [1.165, 1.54) is 31.9 Å². The molecule has 0 atom stereocenters. The molecule has 9 heteroatoms. The highest BCUT2D eigenvalue weighted by Crippen LogP contribution is 2.30. The molecule has 3 aromatic rings. The Morgan fingerprint density at radius 1 is 1.23 bits per heavy atom. The molecule has 1 N–H and O–H groups in total. The first-order chi connectivity index (χ1) is 12.5. The van der Waals surface area contributed by atoms with Crippen molar-refractivity contribution >= 4 is 29.1 Å². The number of carbonyl (C=O) groups is 1. The number of nitrogens with zero attached hydrogens (tertiary/aromatic N) is 3. The van der Waals surface area contributed by atoms with Gasteiger partial charge in [0.05, 0.1) is 28.4 Å². The molecule has 0 unspecified atom stereocenters. The van der Waals surface area contributed by atoms with Crippen LogP contribution in [0.3, 0.4) is 0 Å². The van der Waals surface area contributed by atoms with E-state index < -0.39 is 11.7 Å². The third-order valence-corrected chi connectivity index (χ3v) is 4.36. The lowest BCUT2D eigenvalue weighted by molar-refractivity contribution is 0.0951. The molecule has 1 aromatic heterocycles. The SMILES string of the molecule is COc1ccc(CNC(=O)c2c(Cl)ccc(-n3cnnc3)c2Cl)cc1F. The number of nitrogens with one attached hydrogen (secondary N) is 1. The zero-order chi connectivity index (χ0) is 18.7. The number of carbonyl (C=O) groups excluding carboxylic acids is 1. The summed E-state index contributed by atoms with van der Waals surface area (Å²) in [7, 11) is 1.38. The second-order valence-corrected chi connectivity index (χ2v) is 6.06. The first kappa shape index (κ1) is 18.2. The van der Waals surface area contributed by atoms with Crippen molar-refractivity contribution in [3.8, 4) is 11.4 Å². The molecule has 134 valence electrons. The van der Waals surface area contributed by atoms with Crippen LogP contribution in [0.2, 0.25) is 10.0 Å². The molecule has 3 rings (SSSR count). The Bertz CT molecular complexity index is 948. The highest BCUT2D eigenvalue weighted by atomic mass is 35.5. The van der Waals surface area contributed by atoms with Gasteiger partial charge in [0.1, 0.15) is 12.7 Å². The van der Waals surface area contributed by atoms with Crippen molar-refractivity contribution in [3.05, 3.63) is 70.0 Å². The van der Waals surface area contributed by atoms with Gasteiger partial charge >= 0.3 is 0 Å². The largest absolute Gasteiger partial charge is 0.494 e. The minimum Gasteiger partial charge on any atom is -0.494 e. The minimum absolute atomic E-state index is 0.100. The van der Waals surface area contributed by atoms with Crippen molar-refractivity contribution in [2.24, 2.45) is 0 Å². The predicted molar refractivity (Wildman–Crippen MR) is 95.5 cm³/mol. The lowest BCUT2D eigenvalue weighted by Crippen LogP contribution is -2.24. The molecule has 26 heavy (non-hydrogen) atoms. The number of hydrogen-bond donors (Lipinski definition) is 1. The van der Waals surface area contributed by atoms with E-state index in [1.54, 1.807) is 22.8 Å². The van der Waals surface area contributed by atoms with Gasteiger partial charge in [-0.05, 0) is 29.8 Å². The van der Waals surface area contributed by atoms with Gasteiger partial charge in [-0.25, -0.2) is 4.39 Å². The fraction of sp³-hybridized carbons (Fsp3) is 0.118. The van der Waals surface area contributed by atoms with E-state index in [9.17, 15) is 9.18 Å². The van der Waals surface area contributed by atoms with Crippen molar-refractivity contribution in [2.45, 2.75) is 6.54 Å². The summed E-state index contributed by atoms with van der Waals surface area (Å²) in [6, 6.07) is 7.65. The minimum atomic E-state index is -0.509. The number of ether oxygens (including phenoxy) is 1. The van der Waals surface area contributed by atoms with E-state index in [-0.39, 0.29) is 27.9 Å². The topological polar surface area (TPSA) is 69.0 Å². The van der Waals surface area contributed by atoms with E-state index in [4.69, 9.17) is 27.9 Å². The van der Waals surface area contributed by atoms with Crippen molar-refractivity contribution in [1.82, 2.24) is 20.1 Å². The number of halogens is 3. The summed E-state index contributed by atoms with van der Waals surface area (Å²) in [5.74, 6) is -0.858. The Labute approximate surface area is 158 Å². The quantitative estimate of drug-likeness (QED) is 0.716. The fourth-order valence-electron chi connectivity index (χ4n) is 2.36. The average molecular weight is 395 g/mol. The van der Waals surface area contributed by atoms with Crippen LogP contribution in [0.4, 0.5) is 4.39 Å². The first-order valence-corrected chi connectivity index (χ1v) is 8.20. The van der Waals surface area contributed by atoms with E-state index in [1.807, 2.05) is 0 Å². The smallest absolute Gasteiger partial charge is 0.254 e. The number of amides is 1. The normalized spacial score (nSPS) is 10.6. The molecular formula is C17H13Cl2FN4O2. The van der Waals surface area contributed by atoms with Crippen LogP contribution < -0.4 is 10.1 Å². The monoisotopic (exact) mass is 394 g/mol. The first-order valence-electron chi connectivity index (χ1n) is 7.45. The molecular weight excluding hydrogens is 382 g/mol. The Balaban J connectivity index is 1.82. The van der Waals surface area contributed by atoms with Gasteiger partial charge in [0.2, 0.25) is 0 Å². The van der Waals surface area contributed by atoms with E-state index >= 15 is 0 Å². The molecule has 0 bridgehead atoms. The molecule has 1 heterocycles. The summed E-state index contributed by atoms with van der Waals surface area (Å²) in [6.45, 7) is 0.100. The maximum atomic E-state index is 13.7. The maximum absolute atomic E-state index is 13.7. The Morgan fingerprint density at radius 3 is 2.62 bits per heavy atom. The molecule has 0 aliphatic carbocycles. The van der Waals surface area contributed by atoms with Crippen LogP contribution in [0.25, 0.3) is 5.69 Å². The summed E-state index contributed by atoms with van der Waals surface area (Å²) >= 11 is 12.5. The lowest BCUT2D eigenvalue weighted by atomic mass is 10.1. The van der Waals surface area contributed by atoms with Gasteiger partial charge in [-0.15, -0.1) is 10.2 Å². The lowest BCUT2D eigenvalue weighted by Gasteiger charge is -2.12. The molecule has 0 radical (unpaired) electrons. The molecule has 0 aliphatic rings. The van der Waals surface area contributed by atoms with Crippen molar-refractivity contribution in [2.75, 3.05) is 7.11 Å². The zero-order valence-electron chi connectivity index (χ0n) is 13.5. The van der Waals surface area contributed by atoms with Crippen LogP contribution in [0, 0.1) is 5.82 Å². The van der Waals surface area contributed by atoms with Gasteiger partial charge in [0.15, 0.2) is 11.6 Å².